The smallest absolute Gasteiger partial charge is 0.316 e. The Morgan fingerprint density at radius 3 is 1.67 bits per heavy atom. The van der Waals surface area contributed by atoms with Crippen molar-refractivity contribution in [1.29, 1.82) is 0 Å². The highest BCUT2D eigenvalue weighted by Crippen LogP contribution is 2.75. The van der Waals surface area contributed by atoms with E-state index in [1.54, 1.807) is 0 Å². The predicted molar refractivity (Wildman–Crippen MR) is 127 cm³/mol. The second-order valence-corrected chi connectivity index (χ2v) is 17.9. The largest absolute Gasteiger partial charge is 0.468 e. The highest BCUT2D eigenvalue weighted by molar-refractivity contribution is 8.68. The van der Waals surface area contributed by atoms with Gasteiger partial charge in [-0.1, -0.05) is 52.9 Å². The van der Waals surface area contributed by atoms with Crippen molar-refractivity contribution in [2.24, 2.45) is 33.5 Å². The summed E-state index contributed by atoms with van der Waals surface area (Å²) in [4.78, 5) is 11.9. The van der Waals surface area contributed by atoms with E-state index in [1.807, 2.05) is 0 Å². The van der Waals surface area contributed by atoms with Crippen LogP contribution in [-0.2, 0) is 30.4 Å². The van der Waals surface area contributed by atoms with E-state index in [0.29, 0.717) is 11.8 Å². The molecule has 4 rings (SSSR count). The van der Waals surface area contributed by atoms with E-state index >= 15 is 0 Å². The number of methoxy groups -OCH3 is 1. The molecule has 0 heterocycles. The van der Waals surface area contributed by atoms with Gasteiger partial charge in [-0.2, -0.15) is 0 Å². The molecule has 0 amide bonds. The van der Waals surface area contributed by atoms with E-state index in [0.717, 1.165) is 12.8 Å². The van der Waals surface area contributed by atoms with Crippen LogP contribution in [0.1, 0.15) is 80.1 Å². The Balaban J connectivity index is 1.56. The minimum Gasteiger partial charge on any atom is -0.468 e. The fraction of sp³-hybridized carbons (Fsp3) is 0.957. The van der Waals surface area contributed by atoms with Gasteiger partial charge in [-0.3, -0.25) is 4.79 Å². The van der Waals surface area contributed by atoms with E-state index < -0.39 is 5.69 Å². The van der Waals surface area contributed by atoms with Crippen molar-refractivity contribution < 1.29 is 18.6 Å². The van der Waals surface area contributed by atoms with Crippen LogP contribution in [0.15, 0.2) is 0 Å². The molecule has 0 aromatic heterocycles. The minimum absolute atomic E-state index is 0.113. The summed E-state index contributed by atoms with van der Waals surface area (Å²) in [6.45, 7) is 14.3. The topological polar surface area (TPSA) is 44.8 Å². The van der Waals surface area contributed by atoms with Crippen molar-refractivity contribution in [2.45, 2.75) is 92.3 Å². The van der Waals surface area contributed by atoms with Crippen molar-refractivity contribution in [3.8, 4) is 0 Å². The molecular formula is C23H39O4PS2. The van der Waals surface area contributed by atoms with Gasteiger partial charge < -0.3 is 13.8 Å². The number of fused-ring (bicyclic) bond motifs is 4. The summed E-state index contributed by atoms with van der Waals surface area (Å²) in [5.74, 6) is 1.29. The van der Waals surface area contributed by atoms with Crippen molar-refractivity contribution in [3.63, 3.8) is 0 Å². The lowest BCUT2D eigenvalue weighted by Crippen LogP contribution is -2.38. The van der Waals surface area contributed by atoms with E-state index in [4.69, 9.17) is 25.6 Å². The lowest BCUT2D eigenvalue weighted by molar-refractivity contribution is -0.137. The van der Waals surface area contributed by atoms with Crippen LogP contribution in [0.5, 0.6) is 0 Å². The molecule has 0 aromatic rings. The third-order valence-electron chi connectivity index (χ3n) is 10.5. The SMILES string of the molecule is COC(=O)CSP(=S)(O[C@@H]1C[C@@H]2CC[C@@]1(C)C2(C)C)O[C@@H]1C[C@@H]2CC[C@@]1(C)C2(C)C. The monoisotopic (exact) mass is 474 g/mol. The van der Waals surface area contributed by atoms with Gasteiger partial charge in [-0.15, -0.1) is 0 Å². The maximum absolute atomic E-state index is 11.9. The van der Waals surface area contributed by atoms with Crippen molar-refractivity contribution in [1.82, 2.24) is 0 Å². The molecule has 0 aromatic carbocycles. The predicted octanol–water partition coefficient (Wildman–Crippen LogP) is 6.58. The molecule has 0 unspecified atom stereocenters. The first-order valence-electron chi connectivity index (χ1n) is 11.5. The second kappa shape index (κ2) is 7.45. The first-order valence-corrected chi connectivity index (χ1v) is 15.7. The van der Waals surface area contributed by atoms with Crippen LogP contribution < -0.4 is 0 Å². The molecule has 0 spiro atoms. The maximum atomic E-state index is 11.9. The lowest BCUT2D eigenvalue weighted by Gasteiger charge is -2.43. The summed E-state index contributed by atoms with van der Waals surface area (Å²) in [6, 6.07) is 0. The third kappa shape index (κ3) is 3.30. The van der Waals surface area contributed by atoms with Crippen molar-refractivity contribution in [3.05, 3.63) is 0 Å². The number of hydrogen-bond donors (Lipinski definition) is 0. The van der Waals surface area contributed by atoms with Gasteiger partial charge in [0.1, 0.15) is 5.75 Å². The molecule has 30 heavy (non-hydrogen) atoms. The Kier molecular flexibility index (Phi) is 5.85. The molecule has 172 valence electrons. The van der Waals surface area contributed by atoms with Crippen molar-refractivity contribution >= 4 is 34.9 Å². The zero-order valence-electron chi connectivity index (χ0n) is 19.7. The molecule has 4 aliphatic carbocycles. The van der Waals surface area contributed by atoms with E-state index in [1.165, 1.54) is 44.2 Å². The van der Waals surface area contributed by atoms with Crippen LogP contribution in [0, 0.1) is 33.5 Å². The average Bonchev–Trinajstić information content (AvgIpc) is 3.18. The standard InChI is InChI=1S/C23H39O4PS2/c1-20(2)15-8-10-22(20,5)17(12-15)26-28(29,30-14-19(24)25-7)27-18-13-16-9-11-23(18,6)21(16,3)4/h15-18H,8-14H2,1-7H3/t15-,16-,17+,18+,22+,23+/m0/s1. The molecule has 0 aliphatic heterocycles. The zero-order valence-corrected chi connectivity index (χ0v) is 22.2. The van der Waals surface area contributed by atoms with Gasteiger partial charge in [-0.05, 0) is 83.8 Å². The number of ether oxygens (including phenoxy) is 1. The lowest BCUT2D eigenvalue weighted by atomic mass is 9.70. The Hall–Kier alpha value is 0.390. The Morgan fingerprint density at radius 2 is 1.37 bits per heavy atom. The quantitative estimate of drug-likeness (QED) is 0.307. The number of carbonyl (C=O) groups is 1. The Bertz CT molecular complexity index is 718. The average molecular weight is 475 g/mol. The summed E-state index contributed by atoms with van der Waals surface area (Å²) in [6.07, 6.45) is 7.26. The van der Waals surface area contributed by atoms with E-state index in [2.05, 4.69) is 41.5 Å². The van der Waals surface area contributed by atoms with Gasteiger partial charge in [-0.25, -0.2) is 0 Å². The highest BCUT2D eigenvalue weighted by Gasteiger charge is 2.65. The minimum atomic E-state index is -2.69. The molecule has 0 saturated heterocycles. The van der Waals surface area contributed by atoms with Crippen LogP contribution in [-0.4, -0.2) is 31.0 Å². The maximum Gasteiger partial charge on any atom is 0.316 e. The van der Waals surface area contributed by atoms with Gasteiger partial charge in [0.05, 0.1) is 19.3 Å². The molecule has 0 radical (unpaired) electrons. The second-order valence-electron chi connectivity index (χ2n) is 11.7. The zero-order chi connectivity index (χ0) is 22.2. The third-order valence-corrected chi connectivity index (χ3v) is 15.5. The van der Waals surface area contributed by atoms with E-state index in [-0.39, 0.29) is 45.6 Å². The molecule has 4 aliphatic rings. The van der Waals surface area contributed by atoms with Gasteiger partial charge in [0.25, 0.3) is 0 Å². The molecule has 4 saturated carbocycles. The fourth-order valence-corrected chi connectivity index (χ4v) is 11.9. The molecule has 4 nitrogen and oxygen atoms in total. The molecule has 4 bridgehead atoms. The van der Waals surface area contributed by atoms with Crippen LogP contribution >= 0.6 is 17.1 Å². The summed E-state index contributed by atoms with van der Waals surface area (Å²) in [5, 5.41) is 0. The summed E-state index contributed by atoms with van der Waals surface area (Å²) in [5.41, 5.74) is -1.94. The molecule has 6 atom stereocenters. The summed E-state index contributed by atoms with van der Waals surface area (Å²) < 4.78 is 18.5. The number of carbonyl (C=O) groups excluding carboxylic acids is 1. The van der Waals surface area contributed by atoms with Gasteiger partial charge in [0.15, 0.2) is 0 Å². The van der Waals surface area contributed by atoms with Gasteiger partial charge in [0, 0.05) is 0 Å². The molecule has 4 fully saturated rings. The van der Waals surface area contributed by atoms with Gasteiger partial charge >= 0.3 is 5.97 Å². The van der Waals surface area contributed by atoms with Crippen LogP contribution in [0.25, 0.3) is 0 Å². The highest BCUT2D eigenvalue weighted by atomic mass is 32.9. The first kappa shape index (κ1) is 23.5. The fourth-order valence-electron chi connectivity index (χ4n) is 7.17. The molecule has 7 heteroatoms. The number of rotatable bonds is 7. The Labute approximate surface area is 191 Å². The normalized spacial score (nSPS) is 43.3. The van der Waals surface area contributed by atoms with Crippen molar-refractivity contribution in [2.75, 3.05) is 12.9 Å². The summed E-state index contributed by atoms with van der Waals surface area (Å²) in [7, 11) is 1.42. The van der Waals surface area contributed by atoms with Crippen LogP contribution in [0.4, 0.5) is 0 Å². The molecular weight excluding hydrogens is 435 g/mol. The molecule has 0 N–H and O–H groups in total. The number of hydrogen-bond acceptors (Lipinski definition) is 6. The number of esters is 1. The van der Waals surface area contributed by atoms with Gasteiger partial charge in [0.2, 0.25) is 5.69 Å². The Morgan fingerprint density at radius 1 is 0.933 bits per heavy atom. The summed E-state index contributed by atoms with van der Waals surface area (Å²) >= 11 is 7.53. The van der Waals surface area contributed by atoms with Crippen LogP contribution in [0.3, 0.4) is 0 Å². The van der Waals surface area contributed by atoms with Crippen LogP contribution in [0.2, 0.25) is 0 Å². The first-order chi connectivity index (χ1) is 13.8. The van der Waals surface area contributed by atoms with E-state index in [9.17, 15) is 4.79 Å².